The third kappa shape index (κ3) is 3.08. The molecule has 0 aliphatic carbocycles. The molecule has 2 heterocycles. The summed E-state index contributed by atoms with van der Waals surface area (Å²) in [5.74, 6) is 0.741. The van der Waals surface area contributed by atoms with E-state index in [9.17, 15) is 5.11 Å². The lowest BCUT2D eigenvalue weighted by Crippen LogP contribution is -2.33. The monoisotopic (exact) mass is 299 g/mol. The van der Waals surface area contributed by atoms with Crippen LogP contribution in [-0.4, -0.2) is 51.7 Å². The molecule has 0 spiro atoms. The zero-order valence-corrected chi connectivity index (χ0v) is 12.1. The molecule has 2 N–H and O–H groups in total. The van der Waals surface area contributed by atoms with E-state index in [0.717, 1.165) is 18.8 Å². The van der Waals surface area contributed by atoms with Crippen molar-refractivity contribution < 1.29 is 9.84 Å². The fraction of sp³-hybridized carbons (Fsp3) is 0.400. The molecule has 7 nitrogen and oxygen atoms in total. The van der Waals surface area contributed by atoms with Crippen molar-refractivity contribution >= 4 is 0 Å². The molecular formula is C15H17N5O2. The van der Waals surface area contributed by atoms with Gasteiger partial charge in [0.15, 0.2) is 0 Å². The average Bonchev–Trinajstić information content (AvgIpc) is 3.19. The quantitative estimate of drug-likeness (QED) is 0.841. The average molecular weight is 299 g/mol. The van der Waals surface area contributed by atoms with Gasteiger partial charge in [0, 0.05) is 19.6 Å². The molecular weight excluding hydrogens is 282 g/mol. The largest absolute Gasteiger partial charge is 0.492 e. The minimum absolute atomic E-state index is 0.524. The van der Waals surface area contributed by atoms with Crippen molar-refractivity contribution in [2.45, 2.75) is 12.0 Å². The van der Waals surface area contributed by atoms with Crippen molar-refractivity contribution in [1.29, 1.82) is 5.26 Å². The zero-order valence-electron chi connectivity index (χ0n) is 12.1. The summed E-state index contributed by atoms with van der Waals surface area (Å²) in [7, 11) is 0. The lowest BCUT2D eigenvalue weighted by Gasteiger charge is -2.21. The number of aliphatic hydroxyl groups is 1. The summed E-state index contributed by atoms with van der Waals surface area (Å²) < 4.78 is 5.66. The maximum Gasteiger partial charge on any atom is 0.124 e. The standard InChI is InChI=1S/C15H17N5O2/c16-9-12-1-3-13(4-2-12)22-8-7-20-6-5-15(21,11-20)14-10-17-19-18-14/h1-4,10,21H,5-8,11H2,(H,17,18,19)/t15-/m1/s1. The summed E-state index contributed by atoms with van der Waals surface area (Å²) in [4.78, 5) is 2.14. The molecule has 0 radical (unpaired) electrons. The Morgan fingerprint density at radius 3 is 2.91 bits per heavy atom. The number of H-pyrrole nitrogens is 1. The third-order valence-electron chi connectivity index (χ3n) is 3.88. The second-order valence-corrected chi connectivity index (χ2v) is 5.40. The molecule has 0 saturated carbocycles. The number of nitrogens with one attached hydrogen (secondary N) is 1. The van der Waals surface area contributed by atoms with Crippen LogP contribution in [0.2, 0.25) is 0 Å². The van der Waals surface area contributed by atoms with Crippen LogP contribution in [0.15, 0.2) is 30.5 Å². The van der Waals surface area contributed by atoms with Gasteiger partial charge in [-0.25, -0.2) is 0 Å². The smallest absolute Gasteiger partial charge is 0.124 e. The number of nitriles is 1. The Morgan fingerprint density at radius 2 is 2.23 bits per heavy atom. The van der Waals surface area contributed by atoms with Crippen LogP contribution in [0.1, 0.15) is 17.7 Å². The number of benzene rings is 1. The molecule has 22 heavy (non-hydrogen) atoms. The maximum atomic E-state index is 10.6. The zero-order chi connectivity index (χ0) is 15.4. The van der Waals surface area contributed by atoms with Crippen LogP contribution < -0.4 is 4.74 Å². The highest BCUT2D eigenvalue weighted by Gasteiger charge is 2.39. The summed E-state index contributed by atoms with van der Waals surface area (Å²) in [6, 6.07) is 9.11. The van der Waals surface area contributed by atoms with Gasteiger partial charge in [0.2, 0.25) is 0 Å². The summed E-state index contributed by atoms with van der Waals surface area (Å²) in [5, 5.41) is 29.6. The molecule has 1 fully saturated rings. The van der Waals surface area contributed by atoms with E-state index in [4.69, 9.17) is 10.00 Å². The SMILES string of the molecule is N#Cc1ccc(OCCN2CC[C@](O)(c3cn[nH]n3)C2)cc1. The molecule has 2 aromatic rings. The van der Waals surface area contributed by atoms with E-state index >= 15 is 0 Å². The van der Waals surface area contributed by atoms with Crippen LogP contribution in [0, 0.1) is 11.3 Å². The van der Waals surface area contributed by atoms with Crippen LogP contribution >= 0.6 is 0 Å². The summed E-state index contributed by atoms with van der Waals surface area (Å²) in [6.07, 6.45) is 2.20. The van der Waals surface area contributed by atoms with Gasteiger partial charge >= 0.3 is 0 Å². The molecule has 1 saturated heterocycles. The van der Waals surface area contributed by atoms with E-state index in [2.05, 4.69) is 26.4 Å². The van der Waals surface area contributed by atoms with Crippen LogP contribution in [-0.2, 0) is 5.60 Å². The number of aromatic nitrogens is 3. The topological polar surface area (TPSA) is 98.1 Å². The Bertz CT molecular complexity index is 650. The van der Waals surface area contributed by atoms with Gasteiger partial charge < -0.3 is 9.84 Å². The van der Waals surface area contributed by atoms with E-state index < -0.39 is 5.60 Å². The molecule has 1 aromatic carbocycles. The Hall–Kier alpha value is -2.43. The highest BCUT2D eigenvalue weighted by molar-refractivity contribution is 5.34. The van der Waals surface area contributed by atoms with Gasteiger partial charge in [-0.1, -0.05) is 0 Å². The first-order valence-corrected chi connectivity index (χ1v) is 7.13. The van der Waals surface area contributed by atoms with Crippen LogP contribution in [0.5, 0.6) is 5.75 Å². The first kappa shape index (κ1) is 14.5. The van der Waals surface area contributed by atoms with Gasteiger partial charge in [0.1, 0.15) is 23.7 Å². The lowest BCUT2D eigenvalue weighted by molar-refractivity contribution is 0.0403. The maximum absolute atomic E-state index is 10.6. The van der Waals surface area contributed by atoms with Crippen LogP contribution in [0.4, 0.5) is 0 Å². The van der Waals surface area contributed by atoms with E-state index in [-0.39, 0.29) is 0 Å². The van der Waals surface area contributed by atoms with Crippen molar-refractivity contribution in [1.82, 2.24) is 20.3 Å². The molecule has 114 valence electrons. The molecule has 0 amide bonds. The van der Waals surface area contributed by atoms with E-state index in [1.54, 1.807) is 30.5 Å². The molecule has 1 aromatic heterocycles. The van der Waals surface area contributed by atoms with Gasteiger partial charge in [0.25, 0.3) is 0 Å². The number of likely N-dealkylation sites (tertiary alicyclic amines) is 1. The molecule has 1 aliphatic rings. The predicted octanol–water partition coefficient (Wildman–Crippen LogP) is 0.649. The molecule has 3 rings (SSSR count). The van der Waals surface area contributed by atoms with Gasteiger partial charge in [-0.3, -0.25) is 4.90 Å². The molecule has 7 heteroatoms. The second-order valence-electron chi connectivity index (χ2n) is 5.40. The minimum atomic E-state index is -0.929. The third-order valence-corrected chi connectivity index (χ3v) is 3.88. The Morgan fingerprint density at radius 1 is 1.41 bits per heavy atom. The van der Waals surface area contributed by atoms with Gasteiger partial charge in [-0.05, 0) is 30.7 Å². The number of hydrogen-bond donors (Lipinski definition) is 2. The van der Waals surface area contributed by atoms with Crippen LogP contribution in [0.3, 0.4) is 0 Å². The first-order valence-electron chi connectivity index (χ1n) is 7.13. The predicted molar refractivity (Wildman–Crippen MR) is 78.0 cm³/mol. The van der Waals surface area contributed by atoms with E-state index in [1.807, 2.05) is 0 Å². The van der Waals surface area contributed by atoms with Gasteiger partial charge in [-0.15, -0.1) is 0 Å². The fourth-order valence-corrected chi connectivity index (χ4v) is 2.62. The van der Waals surface area contributed by atoms with Crippen molar-refractivity contribution in [2.24, 2.45) is 0 Å². The Balaban J connectivity index is 1.48. The lowest BCUT2D eigenvalue weighted by atomic mass is 10.0. The van der Waals surface area contributed by atoms with Crippen LogP contribution in [0.25, 0.3) is 0 Å². The minimum Gasteiger partial charge on any atom is -0.492 e. The van der Waals surface area contributed by atoms with Crippen molar-refractivity contribution in [3.05, 3.63) is 41.7 Å². The van der Waals surface area contributed by atoms with E-state index in [0.29, 0.717) is 30.8 Å². The normalized spacial score (nSPS) is 21.6. The summed E-state index contributed by atoms with van der Waals surface area (Å²) in [6.45, 7) is 2.57. The molecule has 0 bridgehead atoms. The highest BCUT2D eigenvalue weighted by Crippen LogP contribution is 2.29. The van der Waals surface area contributed by atoms with Gasteiger partial charge in [-0.2, -0.15) is 20.7 Å². The van der Waals surface area contributed by atoms with Crippen molar-refractivity contribution in [3.63, 3.8) is 0 Å². The molecule has 1 atom stereocenters. The Kier molecular flexibility index (Phi) is 4.04. The van der Waals surface area contributed by atoms with Gasteiger partial charge in [0.05, 0.1) is 17.8 Å². The number of hydrogen-bond acceptors (Lipinski definition) is 6. The first-order chi connectivity index (χ1) is 10.7. The molecule has 1 aliphatic heterocycles. The number of aromatic amines is 1. The summed E-state index contributed by atoms with van der Waals surface area (Å²) >= 11 is 0. The highest BCUT2D eigenvalue weighted by atomic mass is 16.5. The number of rotatable bonds is 5. The van der Waals surface area contributed by atoms with Crippen molar-refractivity contribution in [2.75, 3.05) is 26.2 Å². The van der Waals surface area contributed by atoms with E-state index in [1.165, 1.54) is 0 Å². The number of nitrogens with zero attached hydrogens (tertiary/aromatic N) is 4. The van der Waals surface area contributed by atoms with Crippen molar-refractivity contribution in [3.8, 4) is 11.8 Å². The summed E-state index contributed by atoms with van der Waals surface area (Å²) in [5.41, 5.74) is 0.272. The fourth-order valence-electron chi connectivity index (χ4n) is 2.62. The number of β-amino-alcohol motifs (C(OH)–C–C–N with tert-alkyl or cyclic N) is 1. The second kappa shape index (κ2) is 6.13. The Labute approximate surface area is 128 Å². The molecule has 0 unspecified atom stereocenters. The number of ether oxygens (including phenoxy) is 1.